The van der Waals surface area contributed by atoms with Gasteiger partial charge in [-0.2, -0.15) is 0 Å². The summed E-state index contributed by atoms with van der Waals surface area (Å²) in [4.78, 5) is 67.2. The Bertz CT molecular complexity index is 991. The molecular formula is C18H12N2O12. The van der Waals surface area contributed by atoms with E-state index in [1.165, 1.54) is 0 Å². The van der Waals surface area contributed by atoms with Gasteiger partial charge in [-0.3, -0.25) is 20.2 Å². The SMILES string of the molecule is O=C(OC(C(=O)O)C(OC(=O)c1ccc([N+](=O)[O-])cc1)C(=O)O)c1ccc([N+](=O)[O-])cc1. The van der Waals surface area contributed by atoms with Gasteiger partial charge >= 0.3 is 23.9 Å². The second-order valence-corrected chi connectivity index (χ2v) is 5.94. The fourth-order valence-electron chi connectivity index (χ4n) is 2.29. The molecule has 0 spiro atoms. The molecule has 0 radical (unpaired) electrons. The number of carboxylic acid groups (broad SMARTS) is 2. The van der Waals surface area contributed by atoms with E-state index in [4.69, 9.17) is 0 Å². The second-order valence-electron chi connectivity index (χ2n) is 5.94. The number of carbonyl (C=O) groups excluding carboxylic acids is 2. The number of aliphatic carboxylic acids is 2. The molecule has 0 aliphatic carbocycles. The van der Waals surface area contributed by atoms with E-state index in [2.05, 4.69) is 9.47 Å². The molecule has 0 bridgehead atoms. The third-order valence-corrected chi connectivity index (χ3v) is 3.86. The zero-order chi connectivity index (χ0) is 24.0. The van der Waals surface area contributed by atoms with Gasteiger partial charge in [-0.15, -0.1) is 0 Å². The van der Waals surface area contributed by atoms with Crippen LogP contribution in [0.4, 0.5) is 11.4 Å². The van der Waals surface area contributed by atoms with E-state index in [1.807, 2.05) is 0 Å². The Morgan fingerprint density at radius 3 is 1.16 bits per heavy atom. The maximum Gasteiger partial charge on any atom is 0.349 e. The molecule has 2 aromatic rings. The van der Waals surface area contributed by atoms with Crippen LogP contribution in [-0.4, -0.2) is 56.1 Å². The van der Waals surface area contributed by atoms with Gasteiger partial charge in [0.1, 0.15) is 0 Å². The lowest BCUT2D eigenvalue weighted by Gasteiger charge is -2.21. The number of nitrogens with zero attached hydrogens (tertiary/aromatic N) is 2. The number of benzene rings is 2. The van der Waals surface area contributed by atoms with Gasteiger partial charge in [0.25, 0.3) is 11.4 Å². The zero-order valence-electron chi connectivity index (χ0n) is 15.6. The first-order valence-corrected chi connectivity index (χ1v) is 8.37. The van der Waals surface area contributed by atoms with Crippen molar-refractivity contribution in [2.24, 2.45) is 0 Å². The Hall–Kier alpha value is -4.88. The summed E-state index contributed by atoms with van der Waals surface area (Å²) in [6.07, 6.45) is -4.95. The highest BCUT2D eigenvalue weighted by atomic mass is 16.6. The number of nitro groups is 2. The molecule has 0 saturated carbocycles. The maximum absolute atomic E-state index is 12.2. The van der Waals surface area contributed by atoms with Crippen molar-refractivity contribution in [3.63, 3.8) is 0 Å². The lowest BCUT2D eigenvalue weighted by molar-refractivity contribution is -0.385. The Morgan fingerprint density at radius 1 is 0.656 bits per heavy atom. The summed E-state index contributed by atoms with van der Waals surface area (Å²) >= 11 is 0. The third kappa shape index (κ3) is 5.59. The van der Waals surface area contributed by atoms with Crippen LogP contribution in [0.1, 0.15) is 20.7 Å². The first kappa shape index (κ1) is 23.4. The van der Waals surface area contributed by atoms with Crippen LogP contribution in [-0.2, 0) is 19.1 Å². The summed E-state index contributed by atoms with van der Waals surface area (Å²) in [6, 6.07) is 7.59. The Labute approximate surface area is 176 Å². The van der Waals surface area contributed by atoms with Crippen LogP contribution in [0.15, 0.2) is 48.5 Å². The smallest absolute Gasteiger partial charge is 0.349 e. The molecule has 2 unspecified atom stereocenters. The standard InChI is InChI=1S/C18H12N2O12/c21-15(22)13(31-17(25)9-1-5-11(6-2-9)19(27)28)14(16(23)24)32-18(26)10-3-7-12(8-4-10)20(29)30/h1-8,13-14H,(H,21,22)(H,23,24). The Kier molecular flexibility index (Phi) is 7.13. The average molecular weight is 448 g/mol. The minimum Gasteiger partial charge on any atom is -0.478 e. The highest BCUT2D eigenvalue weighted by molar-refractivity contribution is 5.95. The van der Waals surface area contributed by atoms with Gasteiger partial charge in [0.15, 0.2) is 0 Å². The first-order chi connectivity index (χ1) is 15.0. The van der Waals surface area contributed by atoms with E-state index in [-0.39, 0.29) is 22.5 Å². The molecule has 0 aromatic heterocycles. The van der Waals surface area contributed by atoms with Crippen LogP contribution in [0.2, 0.25) is 0 Å². The lowest BCUT2D eigenvalue weighted by Crippen LogP contribution is -2.45. The van der Waals surface area contributed by atoms with Crippen molar-refractivity contribution >= 4 is 35.3 Å². The predicted octanol–water partition coefficient (Wildman–Crippen LogP) is 1.42. The van der Waals surface area contributed by atoms with Gasteiger partial charge in [0.2, 0.25) is 12.2 Å². The normalized spacial score (nSPS) is 12.1. The van der Waals surface area contributed by atoms with Crippen molar-refractivity contribution < 1.29 is 48.7 Å². The summed E-state index contributed by atoms with van der Waals surface area (Å²) in [5.41, 5.74) is -1.38. The van der Waals surface area contributed by atoms with Crippen molar-refractivity contribution in [1.29, 1.82) is 0 Å². The fourth-order valence-corrected chi connectivity index (χ4v) is 2.29. The Morgan fingerprint density at radius 2 is 0.938 bits per heavy atom. The minimum absolute atomic E-state index is 0.326. The molecule has 14 nitrogen and oxygen atoms in total. The van der Waals surface area contributed by atoms with Crippen LogP contribution < -0.4 is 0 Å². The summed E-state index contributed by atoms with van der Waals surface area (Å²) in [6.45, 7) is 0. The van der Waals surface area contributed by atoms with Gasteiger partial charge in [-0.1, -0.05) is 0 Å². The van der Waals surface area contributed by atoms with Crippen LogP contribution in [0.3, 0.4) is 0 Å². The van der Waals surface area contributed by atoms with Crippen molar-refractivity contribution in [3.05, 3.63) is 79.9 Å². The number of nitro benzene ring substituents is 2. The first-order valence-electron chi connectivity index (χ1n) is 8.37. The number of rotatable bonds is 9. The van der Waals surface area contributed by atoms with E-state index in [9.17, 15) is 49.6 Å². The molecule has 0 amide bonds. The predicted molar refractivity (Wildman–Crippen MR) is 99.9 cm³/mol. The molecule has 0 heterocycles. The van der Waals surface area contributed by atoms with Crippen molar-refractivity contribution in [3.8, 4) is 0 Å². The lowest BCUT2D eigenvalue weighted by atomic mass is 10.1. The molecule has 0 aliphatic heterocycles. The molecule has 32 heavy (non-hydrogen) atoms. The Balaban J connectivity index is 2.21. The minimum atomic E-state index is -2.47. The molecule has 0 aliphatic rings. The molecule has 14 heteroatoms. The van der Waals surface area contributed by atoms with E-state index >= 15 is 0 Å². The van der Waals surface area contributed by atoms with Crippen LogP contribution in [0.5, 0.6) is 0 Å². The molecule has 0 saturated heterocycles. The van der Waals surface area contributed by atoms with Crippen molar-refractivity contribution in [1.82, 2.24) is 0 Å². The number of non-ortho nitro benzene ring substituents is 2. The van der Waals surface area contributed by atoms with Gasteiger partial charge in [-0.05, 0) is 24.3 Å². The largest absolute Gasteiger partial charge is 0.478 e. The molecule has 2 aromatic carbocycles. The fraction of sp³-hybridized carbons (Fsp3) is 0.111. The van der Waals surface area contributed by atoms with Gasteiger partial charge in [-0.25, -0.2) is 19.2 Å². The number of carboxylic acids is 2. The van der Waals surface area contributed by atoms with Crippen LogP contribution in [0.25, 0.3) is 0 Å². The summed E-state index contributed by atoms with van der Waals surface area (Å²) in [5, 5.41) is 39.9. The molecule has 0 fully saturated rings. The number of ether oxygens (including phenoxy) is 2. The molecule has 166 valence electrons. The van der Waals surface area contributed by atoms with Gasteiger partial charge < -0.3 is 19.7 Å². The van der Waals surface area contributed by atoms with Gasteiger partial charge in [0.05, 0.1) is 21.0 Å². The summed E-state index contributed by atoms with van der Waals surface area (Å²) in [5.74, 6) is -6.59. The zero-order valence-corrected chi connectivity index (χ0v) is 15.6. The monoisotopic (exact) mass is 448 g/mol. The summed E-state index contributed by atoms with van der Waals surface area (Å²) in [7, 11) is 0. The van der Waals surface area contributed by atoms with E-state index < -0.39 is 45.9 Å². The molecule has 2 atom stereocenters. The van der Waals surface area contributed by atoms with E-state index in [0.717, 1.165) is 48.5 Å². The van der Waals surface area contributed by atoms with E-state index in [1.54, 1.807) is 0 Å². The van der Waals surface area contributed by atoms with Crippen LogP contribution >= 0.6 is 0 Å². The average Bonchev–Trinajstić information content (AvgIpc) is 2.75. The van der Waals surface area contributed by atoms with Gasteiger partial charge in [0, 0.05) is 24.3 Å². The quantitative estimate of drug-likeness (QED) is 0.316. The molecular weight excluding hydrogens is 436 g/mol. The number of carbonyl (C=O) groups is 4. The third-order valence-electron chi connectivity index (χ3n) is 3.86. The second kappa shape index (κ2) is 9.75. The van der Waals surface area contributed by atoms with E-state index in [0.29, 0.717) is 0 Å². The highest BCUT2D eigenvalue weighted by Gasteiger charge is 2.41. The highest BCUT2D eigenvalue weighted by Crippen LogP contribution is 2.17. The maximum atomic E-state index is 12.2. The molecule has 2 N–H and O–H groups in total. The van der Waals surface area contributed by atoms with Crippen molar-refractivity contribution in [2.45, 2.75) is 12.2 Å². The number of esters is 2. The number of hydrogen-bond donors (Lipinski definition) is 2. The topological polar surface area (TPSA) is 213 Å². The number of hydrogen-bond acceptors (Lipinski definition) is 10. The van der Waals surface area contributed by atoms with Crippen LogP contribution in [0, 0.1) is 20.2 Å². The summed E-state index contributed by atoms with van der Waals surface area (Å²) < 4.78 is 9.31. The molecule has 2 rings (SSSR count). The van der Waals surface area contributed by atoms with Crippen molar-refractivity contribution in [2.75, 3.05) is 0 Å².